The summed E-state index contributed by atoms with van der Waals surface area (Å²) in [7, 11) is 3.51. The zero-order chi connectivity index (χ0) is 21.3. The summed E-state index contributed by atoms with van der Waals surface area (Å²) in [5.41, 5.74) is 2.31. The monoisotopic (exact) mass is 536 g/mol. The van der Waals surface area contributed by atoms with Gasteiger partial charge in [-0.2, -0.15) is 0 Å². The minimum atomic E-state index is 0. The van der Waals surface area contributed by atoms with Gasteiger partial charge in [0.1, 0.15) is 5.82 Å². The lowest BCUT2D eigenvalue weighted by molar-refractivity contribution is -0.127. The highest BCUT2D eigenvalue weighted by Crippen LogP contribution is 2.18. The second-order valence-electron chi connectivity index (χ2n) is 7.89. The van der Waals surface area contributed by atoms with Gasteiger partial charge in [-0.3, -0.25) is 4.79 Å². The van der Waals surface area contributed by atoms with Crippen LogP contribution < -0.4 is 15.5 Å². The molecule has 2 aromatic rings. The van der Waals surface area contributed by atoms with Crippen LogP contribution in [0.1, 0.15) is 24.0 Å². The number of hydrogen-bond donors (Lipinski definition) is 2. The van der Waals surface area contributed by atoms with Crippen LogP contribution >= 0.6 is 24.0 Å². The molecule has 3 rings (SSSR count). The first-order chi connectivity index (χ1) is 14.5. The van der Waals surface area contributed by atoms with E-state index < -0.39 is 0 Å². The summed E-state index contributed by atoms with van der Waals surface area (Å²) in [6.45, 7) is 4.72. The van der Waals surface area contributed by atoms with E-state index in [-0.39, 0.29) is 36.4 Å². The van der Waals surface area contributed by atoms with Gasteiger partial charge in [-0.25, -0.2) is 9.98 Å². The van der Waals surface area contributed by atoms with Crippen molar-refractivity contribution >= 4 is 41.7 Å². The highest BCUT2D eigenvalue weighted by Gasteiger charge is 2.21. The van der Waals surface area contributed by atoms with Crippen LogP contribution in [0.4, 0.5) is 5.82 Å². The number of nitrogens with zero attached hydrogens (tertiary/aromatic N) is 4. The predicted molar refractivity (Wildman–Crippen MR) is 137 cm³/mol. The van der Waals surface area contributed by atoms with Crippen molar-refractivity contribution in [3.05, 3.63) is 59.8 Å². The summed E-state index contributed by atoms with van der Waals surface area (Å²) >= 11 is 0. The molecule has 0 atom stereocenters. The van der Waals surface area contributed by atoms with Gasteiger partial charge in [0.05, 0.1) is 13.1 Å². The Morgan fingerprint density at radius 3 is 2.48 bits per heavy atom. The molecule has 168 valence electrons. The molecule has 0 radical (unpaired) electrons. The molecule has 1 aliphatic rings. The molecule has 0 bridgehead atoms. The van der Waals surface area contributed by atoms with Crippen molar-refractivity contribution in [1.29, 1.82) is 0 Å². The molecule has 8 heteroatoms. The van der Waals surface area contributed by atoms with E-state index in [2.05, 4.69) is 51.7 Å². The number of guanidine groups is 1. The highest BCUT2D eigenvalue weighted by atomic mass is 127. The van der Waals surface area contributed by atoms with E-state index in [1.165, 1.54) is 5.56 Å². The van der Waals surface area contributed by atoms with Crippen molar-refractivity contribution in [3.63, 3.8) is 0 Å². The Labute approximate surface area is 202 Å². The summed E-state index contributed by atoms with van der Waals surface area (Å²) in [6, 6.07) is 14.6. The standard InChI is InChI=1S/C23H32N6O.HI/c1-18-9-10-21(24-15-18)29-13-11-20(12-14-29)27-23(26-17-22(30)28(2)3)25-16-19-7-5-4-6-8-19;/h4-10,15,20H,11-14,16-17H2,1-3H3,(H2,25,26,27);1H. The van der Waals surface area contributed by atoms with E-state index in [1.54, 1.807) is 19.0 Å². The first-order valence-electron chi connectivity index (χ1n) is 10.5. The lowest BCUT2D eigenvalue weighted by atomic mass is 10.1. The number of carbonyl (C=O) groups excluding carboxylic acids is 1. The van der Waals surface area contributed by atoms with E-state index >= 15 is 0 Å². The molecule has 1 amide bonds. The molecule has 1 fully saturated rings. The summed E-state index contributed by atoms with van der Waals surface area (Å²) in [4.78, 5) is 25.2. The summed E-state index contributed by atoms with van der Waals surface area (Å²) < 4.78 is 0. The van der Waals surface area contributed by atoms with E-state index in [0.717, 1.165) is 37.3 Å². The number of rotatable bonds is 6. The van der Waals surface area contributed by atoms with Crippen LogP contribution in [0.25, 0.3) is 0 Å². The van der Waals surface area contributed by atoms with Crippen molar-refractivity contribution in [1.82, 2.24) is 20.5 Å². The largest absolute Gasteiger partial charge is 0.356 e. The molecule has 0 aliphatic carbocycles. The fourth-order valence-corrected chi connectivity index (χ4v) is 3.32. The second-order valence-corrected chi connectivity index (χ2v) is 7.89. The number of likely N-dealkylation sites (N-methyl/N-ethyl adjacent to an activating group) is 1. The number of aromatic nitrogens is 1. The third kappa shape index (κ3) is 8.01. The quantitative estimate of drug-likeness (QED) is 0.338. The van der Waals surface area contributed by atoms with E-state index in [9.17, 15) is 4.79 Å². The van der Waals surface area contributed by atoms with Crippen molar-refractivity contribution in [3.8, 4) is 0 Å². The molecule has 1 aromatic carbocycles. The lowest BCUT2D eigenvalue weighted by Gasteiger charge is -2.34. The van der Waals surface area contributed by atoms with Crippen LogP contribution in [0.3, 0.4) is 0 Å². The lowest BCUT2D eigenvalue weighted by Crippen LogP contribution is -2.50. The molecule has 1 aliphatic heterocycles. The zero-order valence-electron chi connectivity index (χ0n) is 18.5. The van der Waals surface area contributed by atoms with Crippen LogP contribution in [0.5, 0.6) is 0 Å². The Kier molecular flexibility index (Phi) is 10.0. The maximum Gasteiger partial charge on any atom is 0.241 e. The van der Waals surface area contributed by atoms with Crippen LogP contribution in [0, 0.1) is 6.92 Å². The van der Waals surface area contributed by atoms with Gasteiger partial charge in [0, 0.05) is 39.4 Å². The molecule has 31 heavy (non-hydrogen) atoms. The molecule has 7 nitrogen and oxygen atoms in total. The SMILES string of the molecule is Cc1ccc(N2CCC(NC(=NCc3ccccc3)NCC(=O)N(C)C)CC2)nc1.I. The number of carbonyl (C=O) groups is 1. The van der Waals surface area contributed by atoms with Crippen LogP contribution in [-0.4, -0.2) is 61.5 Å². The molecule has 0 saturated carbocycles. The van der Waals surface area contributed by atoms with Gasteiger partial charge in [-0.05, 0) is 37.0 Å². The Hall–Kier alpha value is -2.36. The Balaban J connectivity index is 0.00000341. The van der Waals surface area contributed by atoms with Gasteiger partial charge in [-0.1, -0.05) is 36.4 Å². The second kappa shape index (κ2) is 12.5. The Morgan fingerprint density at radius 1 is 1.16 bits per heavy atom. The number of nitrogens with one attached hydrogen (secondary N) is 2. The van der Waals surface area contributed by atoms with Gasteiger partial charge < -0.3 is 20.4 Å². The van der Waals surface area contributed by atoms with Gasteiger partial charge in [0.25, 0.3) is 0 Å². The normalized spacial score (nSPS) is 14.5. The van der Waals surface area contributed by atoms with Crippen molar-refractivity contribution in [2.45, 2.75) is 32.4 Å². The Morgan fingerprint density at radius 2 is 1.87 bits per heavy atom. The maximum absolute atomic E-state index is 12.0. The van der Waals surface area contributed by atoms with Crippen LogP contribution in [0.15, 0.2) is 53.7 Å². The van der Waals surface area contributed by atoms with Gasteiger partial charge >= 0.3 is 0 Å². The third-order valence-electron chi connectivity index (χ3n) is 5.22. The van der Waals surface area contributed by atoms with Crippen molar-refractivity contribution in [2.24, 2.45) is 4.99 Å². The van der Waals surface area contributed by atoms with Gasteiger partial charge in [0.15, 0.2) is 5.96 Å². The summed E-state index contributed by atoms with van der Waals surface area (Å²) in [5, 5.41) is 6.71. The first-order valence-corrected chi connectivity index (χ1v) is 10.5. The smallest absolute Gasteiger partial charge is 0.241 e. The van der Waals surface area contributed by atoms with Crippen molar-refractivity contribution in [2.75, 3.05) is 38.6 Å². The molecule has 0 spiro atoms. The Bertz CT molecular complexity index is 833. The van der Waals surface area contributed by atoms with Gasteiger partial charge in [-0.15, -0.1) is 24.0 Å². The number of benzene rings is 1. The van der Waals surface area contributed by atoms with Crippen LogP contribution in [-0.2, 0) is 11.3 Å². The molecular formula is C23H33IN6O. The number of piperidine rings is 1. The highest BCUT2D eigenvalue weighted by molar-refractivity contribution is 14.0. The van der Waals surface area contributed by atoms with Crippen LogP contribution in [0.2, 0.25) is 0 Å². The maximum atomic E-state index is 12.0. The number of aryl methyl sites for hydroxylation is 1. The number of halogens is 1. The van der Waals surface area contributed by atoms with Gasteiger partial charge in [0.2, 0.25) is 5.91 Å². The minimum absolute atomic E-state index is 0. The molecule has 2 heterocycles. The topological polar surface area (TPSA) is 72.9 Å². The number of amides is 1. The molecule has 1 aromatic heterocycles. The third-order valence-corrected chi connectivity index (χ3v) is 5.22. The van der Waals surface area contributed by atoms with E-state index in [4.69, 9.17) is 4.99 Å². The molecule has 2 N–H and O–H groups in total. The first kappa shape index (κ1) is 24.9. The zero-order valence-corrected chi connectivity index (χ0v) is 20.9. The van der Waals surface area contributed by atoms with E-state index in [0.29, 0.717) is 18.5 Å². The molecule has 0 unspecified atom stereocenters. The van der Waals surface area contributed by atoms with Crippen molar-refractivity contribution < 1.29 is 4.79 Å². The van der Waals surface area contributed by atoms with E-state index in [1.807, 2.05) is 24.4 Å². The summed E-state index contributed by atoms with van der Waals surface area (Å²) in [6.07, 6.45) is 3.89. The number of anilines is 1. The molecule has 1 saturated heterocycles. The number of aliphatic imine (C=N–C) groups is 1. The minimum Gasteiger partial charge on any atom is -0.356 e. The fourth-order valence-electron chi connectivity index (χ4n) is 3.32. The average molecular weight is 536 g/mol. The molecular weight excluding hydrogens is 503 g/mol. The number of hydrogen-bond acceptors (Lipinski definition) is 4. The average Bonchev–Trinajstić information content (AvgIpc) is 2.77. The predicted octanol–water partition coefficient (Wildman–Crippen LogP) is 2.80. The fraction of sp³-hybridized carbons (Fsp3) is 0.435. The number of pyridine rings is 1. The summed E-state index contributed by atoms with van der Waals surface area (Å²) in [5.74, 6) is 1.73.